The number of rotatable bonds is 3. The van der Waals surface area contributed by atoms with E-state index in [4.69, 9.17) is 4.74 Å². The summed E-state index contributed by atoms with van der Waals surface area (Å²) in [5, 5.41) is 0. The first-order chi connectivity index (χ1) is 9.61. The zero-order valence-electron chi connectivity index (χ0n) is 11.8. The van der Waals surface area contributed by atoms with Crippen LogP contribution in [0.5, 0.6) is 5.75 Å². The zero-order valence-corrected chi connectivity index (χ0v) is 15.5. The van der Waals surface area contributed by atoms with Crippen LogP contribution >= 0.6 is 15.9 Å². The largest absolute Gasteiger partial charge is 1.00 e. The lowest BCUT2D eigenvalue weighted by atomic mass is 10.1. The number of pyridine rings is 1. The third kappa shape index (κ3) is 3.77. The van der Waals surface area contributed by atoms with Crippen LogP contribution in [0.25, 0.3) is 16.9 Å². The van der Waals surface area contributed by atoms with Gasteiger partial charge in [-0.3, -0.25) is 0 Å². The number of hydrogen-bond donors (Lipinski definition) is 0. The lowest BCUT2D eigenvalue weighted by Crippen LogP contribution is -3.00. The van der Waals surface area contributed by atoms with E-state index in [1.807, 2.05) is 67.0 Å². The maximum absolute atomic E-state index is 5.65. The summed E-state index contributed by atoms with van der Waals surface area (Å²) in [6.45, 7) is 4.04. The van der Waals surface area contributed by atoms with Crippen LogP contribution in [0.1, 0.15) is 13.8 Å². The number of imidazole rings is 1. The fourth-order valence-electron chi connectivity index (χ4n) is 2.08. The van der Waals surface area contributed by atoms with Crippen LogP contribution in [-0.4, -0.2) is 15.5 Å². The topological polar surface area (TPSA) is 26.5 Å². The van der Waals surface area contributed by atoms with Gasteiger partial charge in [0.1, 0.15) is 11.4 Å². The minimum absolute atomic E-state index is 0. The van der Waals surface area contributed by atoms with Crippen molar-refractivity contribution in [3.8, 4) is 17.0 Å². The molecular weight excluding hydrogens is 443 g/mol. The van der Waals surface area contributed by atoms with Crippen LogP contribution in [0.4, 0.5) is 0 Å². The summed E-state index contributed by atoms with van der Waals surface area (Å²) in [7, 11) is 0. The molecule has 0 atom stereocenters. The molecule has 0 amide bonds. The second kappa shape index (κ2) is 6.79. The predicted molar refractivity (Wildman–Crippen MR) is 84.1 cm³/mol. The summed E-state index contributed by atoms with van der Waals surface area (Å²) in [5.74, 6) is 0.884. The summed E-state index contributed by atoms with van der Waals surface area (Å²) in [4.78, 5) is 4.62. The van der Waals surface area contributed by atoms with Gasteiger partial charge in [-0.05, 0) is 66.2 Å². The molecule has 3 rings (SSSR count). The van der Waals surface area contributed by atoms with Crippen LogP contribution in [0.2, 0.25) is 0 Å². The molecule has 2 aromatic heterocycles. The molecule has 3 nitrogen and oxygen atoms in total. The monoisotopic (exact) mass is 457 g/mol. The van der Waals surface area contributed by atoms with Gasteiger partial charge >= 0.3 is 0 Å². The Balaban J connectivity index is 0.00000161. The molecule has 2 heterocycles. The molecule has 0 spiro atoms. The lowest BCUT2D eigenvalue weighted by molar-refractivity contribution is -0.00000528. The van der Waals surface area contributed by atoms with Crippen LogP contribution in [0.3, 0.4) is 0 Å². The molecule has 1 aromatic carbocycles. The minimum atomic E-state index is 0. The molecule has 3 aromatic rings. The predicted octanol–water partition coefficient (Wildman–Crippen LogP) is 1.56. The maximum atomic E-state index is 5.65. The van der Waals surface area contributed by atoms with E-state index in [1.54, 1.807) is 0 Å². The molecule has 0 bridgehead atoms. The Kier molecular flexibility index (Phi) is 5.27. The Morgan fingerprint density at radius 1 is 1.05 bits per heavy atom. The minimum Gasteiger partial charge on any atom is -1.00 e. The van der Waals surface area contributed by atoms with Crippen molar-refractivity contribution in [2.45, 2.75) is 20.0 Å². The van der Waals surface area contributed by atoms with E-state index in [1.165, 1.54) is 0 Å². The van der Waals surface area contributed by atoms with Crippen molar-refractivity contribution >= 4 is 21.6 Å². The van der Waals surface area contributed by atoms with Crippen LogP contribution in [0.15, 0.2) is 53.3 Å². The Morgan fingerprint density at radius 3 is 2.43 bits per heavy atom. The molecule has 0 fully saturated rings. The van der Waals surface area contributed by atoms with E-state index < -0.39 is 0 Å². The van der Waals surface area contributed by atoms with E-state index in [0.29, 0.717) is 0 Å². The average Bonchev–Trinajstić information content (AvgIpc) is 2.81. The summed E-state index contributed by atoms with van der Waals surface area (Å²) >= 11 is 3.47. The van der Waals surface area contributed by atoms with Gasteiger partial charge in [-0.15, -0.1) is 0 Å². The summed E-state index contributed by atoms with van der Waals surface area (Å²) in [6.07, 6.45) is 4.22. The van der Waals surface area contributed by atoms with Gasteiger partial charge in [0.05, 0.1) is 11.8 Å². The van der Waals surface area contributed by atoms with Gasteiger partial charge in [0, 0.05) is 22.4 Å². The molecule has 0 N–H and O–H groups in total. The molecule has 0 aliphatic rings. The third-order valence-electron chi connectivity index (χ3n) is 2.94. The van der Waals surface area contributed by atoms with E-state index in [-0.39, 0.29) is 30.1 Å². The first kappa shape index (κ1) is 16.3. The summed E-state index contributed by atoms with van der Waals surface area (Å²) in [6, 6.07) is 12.0. The van der Waals surface area contributed by atoms with Crippen molar-refractivity contribution in [3.63, 3.8) is 0 Å². The normalized spacial score (nSPS) is 10.7. The highest BCUT2D eigenvalue weighted by atomic mass is 127. The highest BCUT2D eigenvalue weighted by molar-refractivity contribution is 9.10. The van der Waals surface area contributed by atoms with E-state index in [0.717, 1.165) is 27.1 Å². The Labute approximate surface area is 149 Å². The number of fused-ring (bicyclic) bond motifs is 1. The number of benzene rings is 1. The number of hydrogen-bond acceptors (Lipinski definition) is 2. The summed E-state index contributed by atoms with van der Waals surface area (Å²) in [5.41, 5.74) is 2.98. The quantitative estimate of drug-likeness (QED) is 0.558. The number of nitrogens with zero attached hydrogens (tertiary/aromatic N) is 2. The molecule has 5 heteroatoms. The van der Waals surface area contributed by atoms with Crippen molar-refractivity contribution in [2.24, 2.45) is 0 Å². The van der Waals surface area contributed by atoms with Crippen molar-refractivity contribution in [2.75, 3.05) is 0 Å². The van der Waals surface area contributed by atoms with E-state index in [9.17, 15) is 0 Å². The van der Waals surface area contributed by atoms with Gasteiger partial charge in [0.15, 0.2) is 0 Å². The van der Waals surface area contributed by atoms with Crippen LogP contribution in [-0.2, 0) is 0 Å². The second-order valence-electron chi connectivity index (χ2n) is 4.93. The average molecular weight is 458 g/mol. The van der Waals surface area contributed by atoms with Crippen molar-refractivity contribution in [3.05, 3.63) is 53.3 Å². The third-order valence-corrected chi connectivity index (χ3v) is 3.41. The smallest absolute Gasteiger partial charge is 0.137 e. The highest BCUT2D eigenvalue weighted by Gasteiger charge is 2.05. The van der Waals surface area contributed by atoms with Gasteiger partial charge in [-0.25, -0.2) is 4.98 Å². The lowest BCUT2D eigenvalue weighted by Gasteiger charge is -2.09. The Bertz CT molecular complexity index is 738. The highest BCUT2D eigenvalue weighted by Crippen LogP contribution is 2.23. The second-order valence-corrected chi connectivity index (χ2v) is 5.85. The number of ether oxygens (including phenoxy) is 1. The number of halogens is 2. The Morgan fingerprint density at radius 2 is 1.76 bits per heavy atom. The molecule has 0 saturated heterocycles. The maximum Gasteiger partial charge on any atom is 0.137 e. The first-order valence-corrected chi connectivity index (χ1v) is 7.32. The van der Waals surface area contributed by atoms with Crippen molar-refractivity contribution in [1.82, 2.24) is 9.38 Å². The van der Waals surface area contributed by atoms with Crippen molar-refractivity contribution in [1.29, 1.82) is 0 Å². The zero-order chi connectivity index (χ0) is 14.1. The number of aromatic nitrogens is 2. The van der Waals surface area contributed by atoms with Gasteiger partial charge in [-0.2, -0.15) is 0 Å². The molecule has 21 heavy (non-hydrogen) atoms. The fraction of sp³-hybridized carbons (Fsp3) is 0.188. The van der Waals surface area contributed by atoms with Gasteiger partial charge < -0.3 is 33.1 Å². The van der Waals surface area contributed by atoms with Gasteiger partial charge in [0.25, 0.3) is 0 Å². The van der Waals surface area contributed by atoms with Crippen LogP contribution < -0.4 is 28.7 Å². The van der Waals surface area contributed by atoms with Crippen LogP contribution in [0, 0.1) is 0 Å². The molecule has 0 aliphatic heterocycles. The molecule has 0 saturated carbocycles. The van der Waals surface area contributed by atoms with Crippen molar-refractivity contribution < 1.29 is 28.7 Å². The molecular formula is C16H15BrIN2O-. The Hall–Kier alpha value is -1.08. The van der Waals surface area contributed by atoms with Gasteiger partial charge in [0.2, 0.25) is 0 Å². The summed E-state index contributed by atoms with van der Waals surface area (Å²) < 4.78 is 8.70. The first-order valence-electron chi connectivity index (χ1n) is 6.53. The standard InChI is InChI=1S/C16H15BrN2O.HI/c1-11(2)20-14-6-3-12(4-7-14)15-10-19-9-13(17)5-8-16(19)18-15;/h3-11H,1-2H3;1H/p-1. The SMILES string of the molecule is CC(C)Oc1ccc(-c2cn3cc(Br)ccc3n2)cc1.[I-]. The molecule has 0 radical (unpaired) electrons. The van der Waals surface area contributed by atoms with Gasteiger partial charge in [-0.1, -0.05) is 0 Å². The fourth-order valence-corrected chi connectivity index (χ4v) is 2.43. The molecule has 110 valence electrons. The molecule has 0 unspecified atom stereocenters. The van der Waals surface area contributed by atoms with E-state index >= 15 is 0 Å². The molecule has 0 aliphatic carbocycles. The van der Waals surface area contributed by atoms with E-state index in [2.05, 4.69) is 20.9 Å².